The van der Waals surface area contributed by atoms with Gasteiger partial charge in [-0.05, 0) is 56.1 Å². The highest BCUT2D eigenvalue weighted by Crippen LogP contribution is 2.31. The summed E-state index contributed by atoms with van der Waals surface area (Å²) in [7, 11) is 6.05. The normalized spacial score (nSPS) is 10.9. The SMILES string of the molecule is C=CC(=O)Nc1cc(Nc2ncc3cncc(-c4cccc(Cl)c4)c3n2)ccc1N(C)CCN(C)C. The van der Waals surface area contributed by atoms with Gasteiger partial charge in [0.15, 0.2) is 0 Å². The molecule has 8 nitrogen and oxygen atoms in total. The van der Waals surface area contributed by atoms with Crippen molar-refractivity contribution in [2.24, 2.45) is 0 Å². The number of hydrogen-bond acceptors (Lipinski definition) is 7. The first-order chi connectivity index (χ1) is 17.3. The Kier molecular flexibility index (Phi) is 7.77. The van der Waals surface area contributed by atoms with Crippen molar-refractivity contribution in [3.8, 4) is 11.1 Å². The van der Waals surface area contributed by atoms with Crippen molar-refractivity contribution in [3.05, 3.63) is 78.7 Å². The van der Waals surface area contributed by atoms with E-state index in [1.165, 1.54) is 6.08 Å². The topological polar surface area (TPSA) is 86.3 Å². The van der Waals surface area contributed by atoms with Crippen LogP contribution in [-0.2, 0) is 4.79 Å². The van der Waals surface area contributed by atoms with E-state index < -0.39 is 0 Å². The van der Waals surface area contributed by atoms with E-state index >= 15 is 0 Å². The average Bonchev–Trinajstić information content (AvgIpc) is 2.87. The molecule has 0 aliphatic heterocycles. The molecule has 4 rings (SSSR count). The number of benzene rings is 2. The summed E-state index contributed by atoms with van der Waals surface area (Å²) in [5.41, 5.74) is 4.82. The minimum absolute atomic E-state index is 0.282. The summed E-state index contributed by atoms with van der Waals surface area (Å²) >= 11 is 6.21. The average molecular weight is 502 g/mol. The van der Waals surface area contributed by atoms with E-state index in [0.29, 0.717) is 16.7 Å². The number of nitrogens with zero attached hydrogens (tertiary/aromatic N) is 5. The van der Waals surface area contributed by atoms with Gasteiger partial charge in [0.2, 0.25) is 11.9 Å². The standard InChI is InChI=1S/C27H28ClN7O/c1-5-25(36)32-23-14-21(9-10-24(23)35(4)12-11-34(2)3)31-27-30-16-19-15-29-17-22(26(19)33-27)18-7-6-8-20(28)13-18/h5-10,13-17H,1,11-12H2,2-4H3,(H,32,36)(H,30,31,33). The van der Waals surface area contributed by atoms with Crippen LogP contribution in [-0.4, -0.2) is 60.0 Å². The van der Waals surface area contributed by atoms with Gasteiger partial charge in [-0.3, -0.25) is 9.78 Å². The number of nitrogens with one attached hydrogen (secondary N) is 2. The van der Waals surface area contributed by atoms with Gasteiger partial charge in [-0.25, -0.2) is 9.97 Å². The summed E-state index contributed by atoms with van der Waals surface area (Å²) in [6.07, 6.45) is 6.48. The number of carbonyl (C=O) groups is 1. The molecule has 184 valence electrons. The summed E-state index contributed by atoms with van der Waals surface area (Å²) < 4.78 is 0. The van der Waals surface area contributed by atoms with Crippen LogP contribution in [0.1, 0.15) is 0 Å². The number of anilines is 4. The monoisotopic (exact) mass is 501 g/mol. The number of amides is 1. The molecule has 0 unspecified atom stereocenters. The van der Waals surface area contributed by atoms with Crippen LogP contribution in [0.3, 0.4) is 0 Å². The summed E-state index contributed by atoms with van der Waals surface area (Å²) in [5.74, 6) is 0.140. The lowest BCUT2D eigenvalue weighted by molar-refractivity contribution is -0.111. The number of pyridine rings is 1. The van der Waals surface area contributed by atoms with Crippen molar-refractivity contribution in [2.75, 3.05) is 49.8 Å². The van der Waals surface area contributed by atoms with Crippen LogP contribution in [0, 0.1) is 0 Å². The molecular formula is C27H28ClN7O. The zero-order chi connectivity index (χ0) is 25.7. The predicted octanol–water partition coefficient (Wildman–Crippen LogP) is 5.21. The van der Waals surface area contributed by atoms with Crippen LogP contribution in [0.15, 0.2) is 73.7 Å². The molecule has 0 saturated carbocycles. The minimum Gasteiger partial charge on any atom is -0.372 e. The number of halogens is 1. The van der Waals surface area contributed by atoms with Crippen molar-refractivity contribution >= 4 is 51.4 Å². The van der Waals surface area contributed by atoms with Gasteiger partial charge in [-0.1, -0.05) is 30.3 Å². The zero-order valence-corrected chi connectivity index (χ0v) is 21.3. The maximum absolute atomic E-state index is 12.1. The lowest BCUT2D eigenvalue weighted by atomic mass is 10.1. The molecular weight excluding hydrogens is 474 g/mol. The minimum atomic E-state index is -0.282. The van der Waals surface area contributed by atoms with E-state index in [9.17, 15) is 4.79 Å². The van der Waals surface area contributed by atoms with Gasteiger partial charge in [-0.2, -0.15) is 0 Å². The fourth-order valence-corrected chi connectivity index (χ4v) is 3.90. The Morgan fingerprint density at radius 3 is 2.67 bits per heavy atom. The third kappa shape index (κ3) is 5.97. The van der Waals surface area contributed by atoms with Crippen LogP contribution in [0.5, 0.6) is 0 Å². The third-order valence-electron chi connectivity index (χ3n) is 5.61. The Morgan fingerprint density at radius 2 is 1.92 bits per heavy atom. The highest BCUT2D eigenvalue weighted by Gasteiger charge is 2.13. The van der Waals surface area contributed by atoms with Crippen molar-refractivity contribution in [1.29, 1.82) is 0 Å². The fraction of sp³-hybridized carbons (Fsp3) is 0.185. The van der Waals surface area contributed by atoms with Gasteiger partial charge in [0.05, 0.1) is 16.9 Å². The molecule has 2 aromatic heterocycles. The van der Waals surface area contributed by atoms with Gasteiger partial charge < -0.3 is 20.4 Å². The predicted molar refractivity (Wildman–Crippen MR) is 148 cm³/mol. The Hall–Kier alpha value is -4.01. The first-order valence-electron chi connectivity index (χ1n) is 11.4. The van der Waals surface area contributed by atoms with Crippen molar-refractivity contribution in [2.45, 2.75) is 0 Å². The molecule has 9 heteroatoms. The number of fused-ring (bicyclic) bond motifs is 1. The quantitative estimate of drug-likeness (QED) is 0.304. The van der Waals surface area contributed by atoms with Gasteiger partial charge >= 0.3 is 0 Å². The number of likely N-dealkylation sites (N-methyl/N-ethyl adjacent to an activating group) is 2. The summed E-state index contributed by atoms with van der Waals surface area (Å²) in [6, 6.07) is 13.3. The van der Waals surface area contributed by atoms with Crippen molar-refractivity contribution < 1.29 is 4.79 Å². The molecule has 2 N–H and O–H groups in total. The smallest absolute Gasteiger partial charge is 0.247 e. The lowest BCUT2D eigenvalue weighted by Gasteiger charge is -2.24. The molecule has 0 atom stereocenters. The lowest BCUT2D eigenvalue weighted by Crippen LogP contribution is -2.29. The van der Waals surface area contributed by atoms with E-state index in [2.05, 4.69) is 37.0 Å². The summed E-state index contributed by atoms with van der Waals surface area (Å²) in [5, 5.41) is 7.62. The molecule has 0 spiro atoms. The van der Waals surface area contributed by atoms with Gasteiger partial charge in [0, 0.05) is 60.4 Å². The second-order valence-electron chi connectivity index (χ2n) is 8.60. The van der Waals surface area contributed by atoms with Crippen molar-refractivity contribution in [3.63, 3.8) is 0 Å². The first-order valence-corrected chi connectivity index (χ1v) is 11.8. The molecule has 36 heavy (non-hydrogen) atoms. The maximum Gasteiger partial charge on any atom is 0.247 e. The van der Waals surface area contributed by atoms with E-state index in [1.807, 2.05) is 63.6 Å². The van der Waals surface area contributed by atoms with Crippen LogP contribution in [0.4, 0.5) is 23.0 Å². The Bertz CT molecular complexity index is 1410. The number of aromatic nitrogens is 3. The van der Waals surface area contributed by atoms with Crippen LogP contribution in [0.25, 0.3) is 22.0 Å². The third-order valence-corrected chi connectivity index (χ3v) is 5.85. The molecule has 0 saturated heterocycles. The number of rotatable bonds is 9. The second-order valence-corrected chi connectivity index (χ2v) is 9.04. The van der Waals surface area contributed by atoms with Gasteiger partial charge in [-0.15, -0.1) is 0 Å². The fourth-order valence-electron chi connectivity index (χ4n) is 3.71. The van der Waals surface area contributed by atoms with Gasteiger partial charge in [0.1, 0.15) is 0 Å². The van der Waals surface area contributed by atoms with Gasteiger partial charge in [0.25, 0.3) is 0 Å². The van der Waals surface area contributed by atoms with E-state index in [1.54, 1.807) is 18.6 Å². The van der Waals surface area contributed by atoms with Crippen molar-refractivity contribution in [1.82, 2.24) is 19.9 Å². The number of hydrogen-bond donors (Lipinski definition) is 2. The molecule has 0 aliphatic carbocycles. The number of carbonyl (C=O) groups excluding carboxylic acids is 1. The zero-order valence-electron chi connectivity index (χ0n) is 20.5. The van der Waals surface area contributed by atoms with Crippen LogP contribution in [0.2, 0.25) is 5.02 Å². The van der Waals surface area contributed by atoms with E-state index in [0.717, 1.165) is 46.5 Å². The first kappa shape index (κ1) is 25.1. The largest absolute Gasteiger partial charge is 0.372 e. The molecule has 0 bridgehead atoms. The highest BCUT2D eigenvalue weighted by atomic mass is 35.5. The van der Waals surface area contributed by atoms with E-state index in [-0.39, 0.29) is 5.91 Å². The van der Waals surface area contributed by atoms with Crippen LogP contribution < -0.4 is 15.5 Å². The molecule has 1 amide bonds. The van der Waals surface area contributed by atoms with E-state index in [4.69, 9.17) is 16.6 Å². The Balaban J connectivity index is 1.67. The molecule has 4 aromatic rings. The molecule has 0 fully saturated rings. The second kappa shape index (κ2) is 11.2. The Labute approximate surface area is 215 Å². The molecule has 0 radical (unpaired) electrons. The van der Waals surface area contributed by atoms with Crippen LogP contribution >= 0.6 is 11.6 Å². The summed E-state index contributed by atoms with van der Waals surface area (Å²) in [4.78, 5) is 29.9. The molecule has 0 aliphatic rings. The highest BCUT2D eigenvalue weighted by molar-refractivity contribution is 6.30. The molecule has 2 heterocycles. The maximum atomic E-state index is 12.1. The summed E-state index contributed by atoms with van der Waals surface area (Å²) in [6.45, 7) is 5.24. The Morgan fingerprint density at radius 1 is 1.08 bits per heavy atom. The molecule has 2 aromatic carbocycles.